The van der Waals surface area contributed by atoms with E-state index in [1.54, 1.807) is 0 Å². The number of piperidine rings is 1. The zero-order chi connectivity index (χ0) is 24.4. The molecule has 8 nitrogen and oxygen atoms in total. The highest BCUT2D eigenvalue weighted by atomic mass is 32.2. The van der Waals surface area contributed by atoms with Crippen LogP contribution in [0, 0.1) is 17.2 Å². The number of amides is 1. The fourth-order valence-corrected chi connectivity index (χ4v) is 6.66. The van der Waals surface area contributed by atoms with Crippen LogP contribution in [0.5, 0.6) is 11.5 Å². The maximum Gasteiger partial charge on any atom is 0.243 e. The smallest absolute Gasteiger partial charge is 0.243 e. The van der Waals surface area contributed by atoms with Gasteiger partial charge in [-0.25, -0.2) is 8.42 Å². The van der Waals surface area contributed by atoms with Crippen molar-refractivity contribution in [2.24, 2.45) is 5.92 Å². The number of hydrogen-bond donors (Lipinski definition) is 0. The number of nitrogens with zero attached hydrogens (tertiary/aromatic N) is 3. The summed E-state index contributed by atoms with van der Waals surface area (Å²) >= 11 is 0. The summed E-state index contributed by atoms with van der Waals surface area (Å²) in [4.78, 5) is 15.6. The summed E-state index contributed by atoms with van der Waals surface area (Å²) < 4.78 is 39.1. The van der Waals surface area contributed by atoms with E-state index >= 15 is 0 Å². The first-order valence-electron chi connectivity index (χ1n) is 12.2. The van der Waals surface area contributed by atoms with Gasteiger partial charge in [0.15, 0.2) is 11.5 Å². The predicted octanol–water partition coefficient (Wildman–Crippen LogP) is 3.48. The number of likely N-dealkylation sites (tertiary alicyclic amines) is 1. The summed E-state index contributed by atoms with van der Waals surface area (Å²) in [6.45, 7) is 2.58. The fraction of sp³-hybridized carbons (Fsp3) is 0.462. The van der Waals surface area contributed by atoms with Crippen LogP contribution in [0.1, 0.15) is 49.3 Å². The molecule has 0 saturated carbocycles. The molecule has 3 aliphatic heterocycles. The van der Waals surface area contributed by atoms with E-state index in [9.17, 15) is 13.2 Å². The number of rotatable bonds is 4. The lowest BCUT2D eigenvalue weighted by Crippen LogP contribution is -2.44. The highest BCUT2D eigenvalue weighted by molar-refractivity contribution is 7.89. The minimum atomic E-state index is -3.65. The Bertz CT molecular complexity index is 1230. The maximum atomic E-state index is 13.5. The second-order valence-corrected chi connectivity index (χ2v) is 11.2. The molecule has 2 aromatic rings. The molecular formula is C26H29N3O5S. The molecule has 35 heavy (non-hydrogen) atoms. The molecule has 1 amide bonds. The van der Waals surface area contributed by atoms with Gasteiger partial charge in [0, 0.05) is 32.0 Å². The molecule has 3 heterocycles. The van der Waals surface area contributed by atoms with Gasteiger partial charge >= 0.3 is 0 Å². The van der Waals surface area contributed by atoms with E-state index < -0.39 is 10.0 Å². The molecule has 9 heteroatoms. The first-order chi connectivity index (χ1) is 17.0. The van der Waals surface area contributed by atoms with Crippen molar-refractivity contribution in [3.05, 3.63) is 53.6 Å². The van der Waals surface area contributed by atoms with E-state index in [1.165, 1.54) is 28.6 Å². The molecule has 0 aromatic heterocycles. The molecule has 184 valence electrons. The molecule has 0 N–H and O–H groups in total. The number of carbonyl (C=O) groups excluding carboxylic acids is 1. The first kappa shape index (κ1) is 23.6. The van der Waals surface area contributed by atoms with Crippen LogP contribution in [0.15, 0.2) is 47.4 Å². The first-order valence-corrected chi connectivity index (χ1v) is 13.6. The summed E-state index contributed by atoms with van der Waals surface area (Å²) in [6, 6.07) is 13.9. The van der Waals surface area contributed by atoms with Crippen LogP contribution in [-0.2, 0) is 14.8 Å². The molecule has 2 aromatic carbocycles. The van der Waals surface area contributed by atoms with Crippen molar-refractivity contribution in [2.75, 3.05) is 32.8 Å². The molecular weight excluding hydrogens is 466 g/mol. The van der Waals surface area contributed by atoms with Crippen LogP contribution in [0.3, 0.4) is 0 Å². The van der Waals surface area contributed by atoms with Crippen molar-refractivity contribution < 1.29 is 22.7 Å². The van der Waals surface area contributed by atoms with E-state index in [4.69, 9.17) is 14.7 Å². The molecule has 3 aliphatic rings. The Morgan fingerprint density at radius 1 is 0.914 bits per heavy atom. The average molecular weight is 496 g/mol. The van der Waals surface area contributed by atoms with Crippen LogP contribution >= 0.6 is 0 Å². The molecule has 0 spiro atoms. The number of ether oxygens (including phenoxy) is 2. The third-order valence-electron chi connectivity index (χ3n) is 7.12. The Morgan fingerprint density at radius 2 is 1.63 bits per heavy atom. The van der Waals surface area contributed by atoms with Gasteiger partial charge in [0.1, 0.15) is 0 Å². The lowest BCUT2D eigenvalue weighted by Gasteiger charge is -2.34. The summed E-state index contributed by atoms with van der Waals surface area (Å²) in [7, 11) is -3.65. The summed E-state index contributed by atoms with van der Waals surface area (Å²) in [5.41, 5.74) is 1.47. The molecule has 5 rings (SSSR count). The molecule has 1 atom stereocenters. The quantitative estimate of drug-likeness (QED) is 0.644. The van der Waals surface area contributed by atoms with Crippen molar-refractivity contribution in [3.8, 4) is 17.6 Å². The Morgan fingerprint density at radius 3 is 2.34 bits per heavy atom. The topological polar surface area (TPSA) is 99.9 Å². The van der Waals surface area contributed by atoms with Crippen LogP contribution in [0.25, 0.3) is 0 Å². The van der Waals surface area contributed by atoms with E-state index in [1.807, 2.05) is 29.2 Å². The van der Waals surface area contributed by atoms with Gasteiger partial charge in [-0.3, -0.25) is 4.79 Å². The second kappa shape index (κ2) is 9.88. The molecule has 0 aliphatic carbocycles. The Balaban J connectivity index is 1.25. The highest BCUT2D eigenvalue weighted by Gasteiger charge is 2.38. The van der Waals surface area contributed by atoms with Crippen molar-refractivity contribution in [3.63, 3.8) is 0 Å². The second-order valence-electron chi connectivity index (χ2n) is 9.26. The SMILES string of the molecule is N#Cc1ccc(S(=O)(=O)N2CCC(C(=O)N3CCC[C@H]3c3ccc4c(c3)OCCCO4)CC2)cc1. The molecule has 0 radical (unpaired) electrons. The van der Waals surface area contributed by atoms with Gasteiger partial charge in [0.2, 0.25) is 15.9 Å². The fourth-order valence-electron chi connectivity index (χ4n) is 5.19. The zero-order valence-electron chi connectivity index (χ0n) is 19.6. The summed E-state index contributed by atoms with van der Waals surface area (Å²) in [6.07, 6.45) is 3.68. The van der Waals surface area contributed by atoms with Gasteiger partial charge in [-0.2, -0.15) is 9.57 Å². The minimum absolute atomic E-state index is 0.0000594. The highest BCUT2D eigenvalue weighted by Crippen LogP contribution is 2.39. The normalized spacial score (nSPS) is 21.3. The standard InChI is InChI=1S/C26H29N3O5S/c27-18-19-4-7-22(8-5-19)35(31,32)28-13-10-20(11-14-28)26(30)29-12-1-3-23(29)21-6-9-24-25(17-21)34-16-2-15-33-24/h4-9,17,20,23H,1-3,10-16H2/t23-/m0/s1. The van der Waals surface area contributed by atoms with E-state index in [0.29, 0.717) is 51.3 Å². The van der Waals surface area contributed by atoms with E-state index in [2.05, 4.69) is 0 Å². The van der Waals surface area contributed by atoms with Crippen LogP contribution < -0.4 is 9.47 Å². The van der Waals surface area contributed by atoms with Crippen LogP contribution in [0.2, 0.25) is 0 Å². The van der Waals surface area contributed by atoms with Crippen LogP contribution in [-0.4, -0.2) is 56.4 Å². The van der Waals surface area contributed by atoms with Crippen molar-refractivity contribution in [2.45, 2.75) is 43.0 Å². The number of hydrogen-bond acceptors (Lipinski definition) is 6. The lowest BCUT2D eigenvalue weighted by atomic mass is 9.95. The van der Waals surface area contributed by atoms with Gasteiger partial charge in [-0.15, -0.1) is 0 Å². The number of carbonyl (C=O) groups is 1. The summed E-state index contributed by atoms with van der Waals surface area (Å²) in [5.74, 6) is 1.40. The van der Waals surface area contributed by atoms with Gasteiger partial charge in [-0.1, -0.05) is 6.07 Å². The van der Waals surface area contributed by atoms with Gasteiger partial charge in [0.05, 0.1) is 35.8 Å². The van der Waals surface area contributed by atoms with Crippen LogP contribution in [0.4, 0.5) is 0 Å². The van der Waals surface area contributed by atoms with Gasteiger partial charge < -0.3 is 14.4 Å². The third kappa shape index (κ3) is 4.73. The van der Waals surface area contributed by atoms with Crippen molar-refractivity contribution in [1.82, 2.24) is 9.21 Å². The molecule has 0 unspecified atom stereocenters. The van der Waals surface area contributed by atoms with E-state index in [-0.39, 0.29) is 22.8 Å². The lowest BCUT2D eigenvalue weighted by molar-refractivity contribution is -0.137. The van der Waals surface area contributed by atoms with Crippen molar-refractivity contribution >= 4 is 15.9 Å². The maximum absolute atomic E-state index is 13.5. The zero-order valence-corrected chi connectivity index (χ0v) is 20.4. The van der Waals surface area contributed by atoms with E-state index in [0.717, 1.165) is 36.3 Å². The van der Waals surface area contributed by atoms with Gasteiger partial charge in [0.25, 0.3) is 0 Å². The third-order valence-corrected chi connectivity index (χ3v) is 9.03. The summed E-state index contributed by atoms with van der Waals surface area (Å²) in [5, 5.41) is 8.95. The number of fused-ring (bicyclic) bond motifs is 1. The Hall–Kier alpha value is -3.09. The Labute approximate surface area is 206 Å². The molecule has 2 saturated heterocycles. The largest absolute Gasteiger partial charge is 0.490 e. The van der Waals surface area contributed by atoms with Gasteiger partial charge in [-0.05, 0) is 67.6 Å². The predicted molar refractivity (Wildman–Crippen MR) is 128 cm³/mol. The minimum Gasteiger partial charge on any atom is -0.490 e. The Kier molecular flexibility index (Phi) is 6.67. The average Bonchev–Trinajstić information content (AvgIpc) is 3.27. The number of nitriles is 1. The number of sulfonamides is 1. The molecule has 2 fully saturated rings. The van der Waals surface area contributed by atoms with Crippen molar-refractivity contribution in [1.29, 1.82) is 5.26 Å². The molecule has 0 bridgehead atoms. The number of benzene rings is 2. The monoisotopic (exact) mass is 495 g/mol.